The minimum atomic E-state index is -0.516. The van der Waals surface area contributed by atoms with Crippen molar-refractivity contribution in [2.24, 2.45) is 7.05 Å². The monoisotopic (exact) mass is 414 g/mol. The van der Waals surface area contributed by atoms with Gasteiger partial charge < -0.3 is 24.6 Å². The van der Waals surface area contributed by atoms with E-state index in [4.69, 9.17) is 4.74 Å². The molecule has 0 bridgehead atoms. The summed E-state index contributed by atoms with van der Waals surface area (Å²) in [6, 6.07) is 6.86. The van der Waals surface area contributed by atoms with Crippen LogP contribution in [0.3, 0.4) is 0 Å². The molecular weight excluding hydrogens is 384 g/mol. The Morgan fingerprint density at radius 3 is 2.70 bits per heavy atom. The Balaban J connectivity index is 1.68. The van der Waals surface area contributed by atoms with Gasteiger partial charge in [-0.25, -0.2) is 4.98 Å². The third kappa shape index (κ3) is 5.25. The van der Waals surface area contributed by atoms with E-state index in [0.29, 0.717) is 13.0 Å². The van der Waals surface area contributed by atoms with Crippen LogP contribution in [0.4, 0.5) is 5.69 Å². The van der Waals surface area contributed by atoms with Gasteiger partial charge in [0.1, 0.15) is 18.5 Å². The zero-order valence-electron chi connectivity index (χ0n) is 17.6. The number of imidazole rings is 1. The number of amides is 2. The SMILES string of the molecule is CCCCCC(=O)Nc1ccc(C2OCC(=O)N(Cc3nccn3C)C2CO)cc1. The van der Waals surface area contributed by atoms with Crippen LogP contribution < -0.4 is 5.32 Å². The number of aromatic nitrogens is 2. The Hall–Kier alpha value is -2.71. The number of rotatable bonds is 9. The highest BCUT2D eigenvalue weighted by molar-refractivity contribution is 5.90. The molecule has 1 fully saturated rings. The zero-order valence-corrected chi connectivity index (χ0v) is 17.6. The smallest absolute Gasteiger partial charge is 0.249 e. The molecule has 3 rings (SSSR count). The number of unbranched alkanes of at least 4 members (excludes halogenated alkanes) is 2. The minimum Gasteiger partial charge on any atom is -0.394 e. The van der Waals surface area contributed by atoms with Gasteiger partial charge >= 0.3 is 0 Å². The quantitative estimate of drug-likeness (QED) is 0.614. The normalized spacial score (nSPS) is 19.2. The van der Waals surface area contributed by atoms with Crippen LogP contribution in [0, 0.1) is 0 Å². The lowest BCUT2D eigenvalue weighted by Gasteiger charge is -2.40. The van der Waals surface area contributed by atoms with E-state index in [1.54, 1.807) is 11.1 Å². The van der Waals surface area contributed by atoms with Crippen LogP contribution in [0.2, 0.25) is 0 Å². The fourth-order valence-electron chi connectivity index (χ4n) is 3.64. The second-order valence-electron chi connectivity index (χ2n) is 7.58. The summed E-state index contributed by atoms with van der Waals surface area (Å²) in [5, 5.41) is 12.9. The predicted octanol–water partition coefficient (Wildman–Crippen LogP) is 2.40. The fraction of sp³-hybridized carbons (Fsp3) is 0.500. The summed E-state index contributed by atoms with van der Waals surface area (Å²) in [7, 11) is 1.87. The average molecular weight is 415 g/mol. The first-order valence-corrected chi connectivity index (χ1v) is 10.4. The number of hydrogen-bond donors (Lipinski definition) is 2. The van der Waals surface area contributed by atoms with Crippen molar-refractivity contribution in [3.05, 3.63) is 48.0 Å². The molecule has 30 heavy (non-hydrogen) atoms. The molecule has 0 radical (unpaired) electrons. The molecule has 1 aliphatic heterocycles. The number of benzene rings is 1. The van der Waals surface area contributed by atoms with Crippen molar-refractivity contribution < 1.29 is 19.4 Å². The highest BCUT2D eigenvalue weighted by Crippen LogP contribution is 2.30. The van der Waals surface area contributed by atoms with E-state index in [9.17, 15) is 14.7 Å². The van der Waals surface area contributed by atoms with Gasteiger partial charge in [0.25, 0.3) is 0 Å². The molecule has 1 aromatic heterocycles. The second-order valence-corrected chi connectivity index (χ2v) is 7.58. The lowest BCUT2D eigenvalue weighted by molar-refractivity contribution is -0.162. The maximum absolute atomic E-state index is 12.5. The van der Waals surface area contributed by atoms with Gasteiger partial charge in [0.05, 0.1) is 19.2 Å². The molecule has 8 heteroatoms. The molecule has 1 saturated heterocycles. The number of anilines is 1. The van der Waals surface area contributed by atoms with Crippen LogP contribution in [0.1, 0.15) is 50.1 Å². The van der Waals surface area contributed by atoms with Crippen LogP contribution in [-0.2, 0) is 27.9 Å². The van der Waals surface area contributed by atoms with Gasteiger partial charge in [-0.05, 0) is 24.1 Å². The third-order valence-electron chi connectivity index (χ3n) is 5.41. The molecule has 0 saturated carbocycles. The Bertz CT molecular complexity index is 849. The molecule has 0 spiro atoms. The number of ether oxygens (including phenoxy) is 1. The summed E-state index contributed by atoms with van der Waals surface area (Å²) < 4.78 is 7.63. The van der Waals surface area contributed by atoms with E-state index < -0.39 is 12.1 Å². The van der Waals surface area contributed by atoms with E-state index in [2.05, 4.69) is 17.2 Å². The first-order valence-electron chi connectivity index (χ1n) is 10.4. The summed E-state index contributed by atoms with van der Waals surface area (Å²) in [6.45, 7) is 2.13. The van der Waals surface area contributed by atoms with Crippen molar-refractivity contribution in [3.63, 3.8) is 0 Å². The van der Waals surface area contributed by atoms with E-state index in [-0.39, 0.29) is 25.0 Å². The molecule has 2 amide bonds. The van der Waals surface area contributed by atoms with Crippen molar-refractivity contribution in [1.82, 2.24) is 14.5 Å². The molecule has 2 aromatic rings. The van der Waals surface area contributed by atoms with E-state index >= 15 is 0 Å². The van der Waals surface area contributed by atoms with Crippen LogP contribution in [-0.4, -0.2) is 50.6 Å². The van der Waals surface area contributed by atoms with Gasteiger partial charge in [0.2, 0.25) is 11.8 Å². The number of nitrogens with zero attached hydrogens (tertiary/aromatic N) is 3. The molecule has 2 heterocycles. The van der Waals surface area contributed by atoms with E-state index in [1.165, 1.54) is 0 Å². The zero-order chi connectivity index (χ0) is 21.5. The topological polar surface area (TPSA) is 96.7 Å². The number of morpholine rings is 1. The standard InChI is InChI=1S/C22H30N4O4/c1-3-4-5-6-20(28)24-17-9-7-16(8-10-17)22-18(14-27)26(21(29)15-30-22)13-19-23-11-12-25(19)2/h7-12,18,22,27H,3-6,13-15H2,1-2H3,(H,24,28). The summed E-state index contributed by atoms with van der Waals surface area (Å²) in [4.78, 5) is 30.4. The summed E-state index contributed by atoms with van der Waals surface area (Å²) in [6.07, 6.45) is 6.56. The van der Waals surface area contributed by atoms with Gasteiger partial charge in [0.15, 0.2) is 0 Å². The highest BCUT2D eigenvalue weighted by Gasteiger charge is 2.37. The number of carbonyl (C=O) groups excluding carboxylic acids is 2. The molecule has 162 valence electrons. The summed E-state index contributed by atoms with van der Waals surface area (Å²) in [5.74, 6) is 0.568. The molecule has 8 nitrogen and oxygen atoms in total. The molecule has 2 atom stereocenters. The van der Waals surface area contributed by atoms with Gasteiger partial charge in [-0.1, -0.05) is 31.9 Å². The largest absolute Gasteiger partial charge is 0.394 e. The van der Waals surface area contributed by atoms with Crippen LogP contribution >= 0.6 is 0 Å². The second kappa shape index (κ2) is 10.4. The first-order chi connectivity index (χ1) is 14.5. The number of carbonyl (C=O) groups is 2. The Morgan fingerprint density at radius 1 is 1.30 bits per heavy atom. The average Bonchev–Trinajstić information content (AvgIpc) is 3.15. The van der Waals surface area contributed by atoms with Gasteiger partial charge in [-0.3, -0.25) is 9.59 Å². The summed E-state index contributed by atoms with van der Waals surface area (Å²) in [5.41, 5.74) is 1.56. The Kier molecular flexibility index (Phi) is 7.59. The van der Waals surface area contributed by atoms with Crippen molar-refractivity contribution in [1.29, 1.82) is 0 Å². The number of aryl methyl sites for hydroxylation is 1. The molecular formula is C22H30N4O4. The van der Waals surface area contributed by atoms with Crippen molar-refractivity contribution in [3.8, 4) is 0 Å². The van der Waals surface area contributed by atoms with Crippen LogP contribution in [0.5, 0.6) is 0 Å². The van der Waals surface area contributed by atoms with Gasteiger partial charge in [0, 0.05) is 31.5 Å². The maximum Gasteiger partial charge on any atom is 0.249 e. The molecule has 2 N–H and O–H groups in total. The van der Waals surface area contributed by atoms with Gasteiger partial charge in [-0.2, -0.15) is 0 Å². The number of nitrogens with one attached hydrogen (secondary N) is 1. The Labute approximate surface area is 176 Å². The maximum atomic E-state index is 12.5. The molecule has 0 aliphatic carbocycles. The van der Waals surface area contributed by atoms with E-state index in [1.807, 2.05) is 42.1 Å². The Morgan fingerprint density at radius 2 is 2.07 bits per heavy atom. The molecule has 1 aliphatic rings. The third-order valence-corrected chi connectivity index (χ3v) is 5.41. The number of aliphatic hydroxyl groups excluding tert-OH is 1. The first kappa shape index (κ1) is 22.0. The summed E-state index contributed by atoms with van der Waals surface area (Å²) >= 11 is 0. The highest BCUT2D eigenvalue weighted by atomic mass is 16.5. The van der Waals surface area contributed by atoms with Crippen LogP contribution in [0.15, 0.2) is 36.7 Å². The van der Waals surface area contributed by atoms with Crippen molar-refractivity contribution >= 4 is 17.5 Å². The van der Waals surface area contributed by atoms with Crippen LogP contribution in [0.25, 0.3) is 0 Å². The number of hydrogen-bond acceptors (Lipinski definition) is 5. The molecule has 1 aromatic carbocycles. The van der Waals surface area contributed by atoms with Crippen molar-refractivity contribution in [2.75, 3.05) is 18.5 Å². The lowest BCUT2D eigenvalue weighted by atomic mass is 9.99. The predicted molar refractivity (Wildman–Crippen MR) is 113 cm³/mol. The van der Waals surface area contributed by atoms with E-state index in [0.717, 1.165) is 36.3 Å². The molecule has 2 unspecified atom stereocenters. The lowest BCUT2D eigenvalue weighted by Crippen LogP contribution is -2.52. The minimum absolute atomic E-state index is 0.00481. The fourth-order valence-corrected chi connectivity index (χ4v) is 3.64. The van der Waals surface area contributed by atoms with Gasteiger partial charge in [-0.15, -0.1) is 0 Å². The van der Waals surface area contributed by atoms with Crippen molar-refractivity contribution in [2.45, 2.75) is 51.3 Å². The number of aliphatic hydroxyl groups is 1.